The molecule has 1 unspecified atom stereocenters. The third-order valence-electron chi connectivity index (χ3n) is 6.42. The van der Waals surface area contributed by atoms with Gasteiger partial charge in [0.05, 0.1) is 27.0 Å². The van der Waals surface area contributed by atoms with Crippen molar-refractivity contribution in [2.75, 3.05) is 79.4 Å². The molecule has 0 saturated carbocycles. The molecule has 0 aromatic heterocycles. The van der Waals surface area contributed by atoms with Gasteiger partial charge in [-0.2, -0.15) is 0 Å². The second-order valence-electron chi connectivity index (χ2n) is 9.63. The molecule has 37 heavy (non-hydrogen) atoms. The van der Waals surface area contributed by atoms with Crippen LogP contribution >= 0.6 is 0 Å². The molecule has 3 rings (SSSR count). The van der Waals surface area contributed by atoms with Gasteiger partial charge in [0.2, 0.25) is 0 Å². The Morgan fingerprint density at radius 1 is 0.973 bits per heavy atom. The molecular weight excluding hydrogens is 470 g/mol. The molecule has 0 fully saturated rings. The summed E-state index contributed by atoms with van der Waals surface area (Å²) < 4.78 is 16.7. The first-order valence-corrected chi connectivity index (χ1v) is 12.6. The van der Waals surface area contributed by atoms with Crippen LogP contribution in [0, 0.1) is 0 Å². The lowest BCUT2D eigenvalue weighted by molar-refractivity contribution is 0.350. The van der Waals surface area contributed by atoms with Crippen molar-refractivity contribution in [2.45, 2.75) is 25.0 Å². The van der Waals surface area contributed by atoms with E-state index in [1.54, 1.807) is 21.3 Å². The molecule has 0 saturated heterocycles. The molecule has 1 heterocycles. The van der Waals surface area contributed by atoms with Crippen molar-refractivity contribution in [2.24, 2.45) is 10.7 Å². The first kappa shape index (κ1) is 28.4. The summed E-state index contributed by atoms with van der Waals surface area (Å²) in [6.07, 6.45) is 1.56. The molecule has 1 aliphatic rings. The molecule has 1 aliphatic heterocycles. The molecule has 10 nitrogen and oxygen atoms in total. The summed E-state index contributed by atoms with van der Waals surface area (Å²) in [6.45, 7) is 3.05. The molecule has 0 spiro atoms. The average molecular weight is 514 g/mol. The van der Waals surface area contributed by atoms with Crippen molar-refractivity contribution in [3.63, 3.8) is 0 Å². The zero-order chi connectivity index (χ0) is 27.0. The van der Waals surface area contributed by atoms with E-state index in [4.69, 9.17) is 24.9 Å². The van der Waals surface area contributed by atoms with Gasteiger partial charge >= 0.3 is 0 Å². The van der Waals surface area contributed by atoms with Gasteiger partial charge in [-0.15, -0.1) is 0 Å². The fraction of sp³-hybridized carbons (Fsp3) is 0.519. The summed E-state index contributed by atoms with van der Waals surface area (Å²) in [5, 5.41) is 10.3. The Morgan fingerprint density at radius 3 is 2.32 bits per heavy atom. The van der Waals surface area contributed by atoms with Gasteiger partial charge in [-0.05, 0) is 51.8 Å². The zero-order valence-electron chi connectivity index (χ0n) is 23.3. The van der Waals surface area contributed by atoms with E-state index in [1.165, 1.54) is 0 Å². The topological polar surface area (TPSA) is 109 Å². The maximum Gasteiger partial charge on any atom is 0.198 e. The maximum atomic E-state index is 7.00. The van der Waals surface area contributed by atoms with Crippen LogP contribution in [-0.2, 0) is 12.2 Å². The molecule has 2 aromatic rings. The highest BCUT2D eigenvalue weighted by atomic mass is 16.5. The zero-order valence-corrected chi connectivity index (χ0v) is 23.3. The van der Waals surface area contributed by atoms with E-state index in [2.05, 4.69) is 45.9 Å². The van der Waals surface area contributed by atoms with E-state index < -0.39 is 5.66 Å². The van der Waals surface area contributed by atoms with Crippen LogP contribution in [0.1, 0.15) is 24.0 Å². The number of nitrogens with zero attached hydrogens (tertiary/aromatic N) is 3. The van der Waals surface area contributed by atoms with Crippen LogP contribution in [0.4, 0.5) is 11.4 Å². The number of hydrogen-bond acceptors (Lipinski definition) is 10. The summed E-state index contributed by atoms with van der Waals surface area (Å²) in [4.78, 5) is 9.16. The Morgan fingerprint density at radius 2 is 1.68 bits per heavy atom. The number of benzene rings is 2. The Hall–Kier alpha value is -3.21. The number of guanidine groups is 1. The van der Waals surface area contributed by atoms with Crippen LogP contribution in [-0.4, -0.2) is 80.0 Å². The van der Waals surface area contributed by atoms with E-state index >= 15 is 0 Å². The lowest BCUT2D eigenvalue weighted by Crippen LogP contribution is -2.46. The van der Waals surface area contributed by atoms with Crippen LogP contribution in [0.2, 0.25) is 0 Å². The first-order valence-electron chi connectivity index (χ1n) is 12.6. The quantitative estimate of drug-likeness (QED) is 0.300. The standard InChI is InChI=1S/C27H43N7O3/c1-33(2)15-9-13-30-26-31-21-17-25(37-7)24(36-6)16-20(21)27(28,32-26)12-14-29-18-19-22(34(3)4)10-8-11-23(19)35-5/h8,10-11,16-17,29H,9,12-15,18,28H2,1-7H3,(H2,30,31,32). The average Bonchev–Trinajstić information content (AvgIpc) is 2.88. The number of rotatable bonds is 13. The number of fused-ring (bicyclic) bond motifs is 1. The molecule has 204 valence electrons. The van der Waals surface area contributed by atoms with Crippen LogP contribution in [0.3, 0.4) is 0 Å². The fourth-order valence-electron chi connectivity index (χ4n) is 4.47. The molecule has 2 aromatic carbocycles. The highest BCUT2D eigenvalue weighted by molar-refractivity contribution is 5.97. The van der Waals surface area contributed by atoms with Gasteiger partial charge < -0.3 is 45.7 Å². The summed E-state index contributed by atoms with van der Waals surface area (Å²) in [5.74, 6) is 2.76. The molecular formula is C27H43N7O3. The van der Waals surface area contributed by atoms with Gasteiger partial charge in [-0.1, -0.05) is 6.07 Å². The third kappa shape index (κ3) is 6.97. The van der Waals surface area contributed by atoms with Crippen molar-refractivity contribution in [1.29, 1.82) is 0 Å². The minimum Gasteiger partial charge on any atom is -0.496 e. The Kier molecular flexibility index (Phi) is 9.85. The molecule has 5 N–H and O–H groups in total. The van der Waals surface area contributed by atoms with Crippen molar-refractivity contribution < 1.29 is 14.2 Å². The summed E-state index contributed by atoms with van der Waals surface area (Å²) in [7, 11) is 13.1. The molecule has 0 bridgehead atoms. The Bertz CT molecular complexity index is 1070. The number of nitrogens with two attached hydrogens (primary N) is 1. The monoisotopic (exact) mass is 513 g/mol. The highest BCUT2D eigenvalue weighted by Crippen LogP contribution is 2.41. The van der Waals surface area contributed by atoms with Crippen molar-refractivity contribution in [3.8, 4) is 17.2 Å². The van der Waals surface area contributed by atoms with Gasteiger partial charge in [0, 0.05) is 56.5 Å². The van der Waals surface area contributed by atoms with Crippen LogP contribution < -0.4 is 40.8 Å². The van der Waals surface area contributed by atoms with Gasteiger partial charge in [-0.25, -0.2) is 4.99 Å². The summed E-state index contributed by atoms with van der Waals surface area (Å²) >= 11 is 0. The predicted molar refractivity (Wildman–Crippen MR) is 151 cm³/mol. The van der Waals surface area contributed by atoms with Gasteiger partial charge in [0.15, 0.2) is 17.5 Å². The third-order valence-corrected chi connectivity index (χ3v) is 6.42. The van der Waals surface area contributed by atoms with Gasteiger partial charge in [0.25, 0.3) is 0 Å². The van der Waals surface area contributed by atoms with Crippen LogP contribution in [0.25, 0.3) is 0 Å². The van der Waals surface area contributed by atoms with Crippen LogP contribution in [0.15, 0.2) is 35.3 Å². The minimum atomic E-state index is -0.956. The van der Waals surface area contributed by atoms with Gasteiger partial charge in [-0.3, -0.25) is 0 Å². The Labute approximate surface area is 221 Å². The molecule has 1 atom stereocenters. The number of methoxy groups -OCH3 is 3. The second kappa shape index (κ2) is 12.8. The first-order chi connectivity index (χ1) is 17.7. The number of ether oxygens (including phenoxy) is 3. The largest absolute Gasteiger partial charge is 0.496 e. The SMILES string of the molecule is COc1cc2c(cc1OC)C(N)(CCNCc1c(OC)cccc1N(C)C)N=C(NCCCN(C)C)N2. The lowest BCUT2D eigenvalue weighted by Gasteiger charge is -2.34. The van der Waals surface area contributed by atoms with Crippen molar-refractivity contribution in [3.05, 3.63) is 41.5 Å². The van der Waals surface area contributed by atoms with Crippen molar-refractivity contribution >= 4 is 17.3 Å². The van der Waals surface area contributed by atoms with E-state index in [1.807, 2.05) is 38.4 Å². The maximum absolute atomic E-state index is 7.00. The second-order valence-corrected chi connectivity index (χ2v) is 9.63. The number of nitrogens with one attached hydrogen (secondary N) is 3. The summed E-state index contributed by atoms with van der Waals surface area (Å²) in [6, 6.07) is 9.90. The van der Waals surface area contributed by atoms with Crippen LogP contribution in [0.5, 0.6) is 17.2 Å². The predicted octanol–water partition coefficient (Wildman–Crippen LogP) is 2.39. The highest BCUT2D eigenvalue weighted by Gasteiger charge is 2.35. The molecule has 0 aliphatic carbocycles. The normalized spacial score (nSPS) is 16.5. The summed E-state index contributed by atoms with van der Waals surface area (Å²) in [5.41, 5.74) is 9.96. The lowest BCUT2D eigenvalue weighted by atomic mass is 9.93. The Balaban J connectivity index is 1.80. The van der Waals surface area contributed by atoms with Crippen molar-refractivity contribution in [1.82, 2.24) is 15.5 Å². The van der Waals surface area contributed by atoms with E-state index in [0.29, 0.717) is 37.0 Å². The smallest absolute Gasteiger partial charge is 0.198 e. The van der Waals surface area contributed by atoms with E-state index in [0.717, 1.165) is 47.8 Å². The molecule has 0 amide bonds. The van der Waals surface area contributed by atoms with Gasteiger partial charge in [0.1, 0.15) is 11.4 Å². The number of anilines is 2. The fourth-order valence-corrected chi connectivity index (χ4v) is 4.47. The minimum absolute atomic E-state index is 0.576. The molecule has 0 radical (unpaired) electrons. The number of aliphatic imine (C=N–C) groups is 1. The van der Waals surface area contributed by atoms with E-state index in [-0.39, 0.29) is 0 Å². The van der Waals surface area contributed by atoms with E-state index in [9.17, 15) is 0 Å². The number of hydrogen-bond donors (Lipinski definition) is 4. The molecule has 10 heteroatoms.